The van der Waals surface area contributed by atoms with E-state index >= 15 is 0 Å². The highest BCUT2D eigenvalue weighted by Gasteiger charge is 2.17. The minimum atomic E-state index is 0.794. The molecule has 1 fully saturated rings. The monoisotopic (exact) mass is 354 g/mol. The number of nitrogens with zero attached hydrogens (tertiary/aromatic N) is 2. The Morgan fingerprint density at radius 1 is 1.12 bits per heavy atom. The van der Waals surface area contributed by atoms with Crippen molar-refractivity contribution in [2.75, 3.05) is 38.3 Å². The van der Waals surface area contributed by atoms with E-state index in [2.05, 4.69) is 42.2 Å². The van der Waals surface area contributed by atoms with Gasteiger partial charge < -0.3 is 14.4 Å². The number of thiazole rings is 1. The zero-order valence-corrected chi connectivity index (χ0v) is 15.4. The maximum absolute atomic E-state index is 5.44. The number of benzene rings is 2. The van der Waals surface area contributed by atoms with Crippen molar-refractivity contribution in [3.8, 4) is 5.75 Å². The fourth-order valence-electron chi connectivity index (χ4n) is 3.17. The first-order valence-corrected chi connectivity index (χ1v) is 9.40. The molecule has 1 aliphatic heterocycles. The van der Waals surface area contributed by atoms with Crippen LogP contribution < -0.4 is 9.64 Å². The van der Waals surface area contributed by atoms with Crippen LogP contribution in [0.2, 0.25) is 0 Å². The van der Waals surface area contributed by atoms with Crippen LogP contribution in [0.5, 0.6) is 5.75 Å². The summed E-state index contributed by atoms with van der Waals surface area (Å²) in [5.74, 6) is 0.894. The molecule has 1 saturated heterocycles. The van der Waals surface area contributed by atoms with E-state index in [0.29, 0.717) is 0 Å². The molecule has 5 heteroatoms. The lowest BCUT2D eigenvalue weighted by Gasteiger charge is -2.26. The Morgan fingerprint density at radius 3 is 2.68 bits per heavy atom. The molecule has 0 spiro atoms. The second kappa shape index (κ2) is 7.02. The average molecular weight is 354 g/mol. The van der Waals surface area contributed by atoms with Gasteiger partial charge in [0.05, 0.1) is 26.0 Å². The number of aryl methyl sites for hydroxylation is 1. The van der Waals surface area contributed by atoms with Crippen LogP contribution in [0.3, 0.4) is 0 Å². The highest BCUT2D eigenvalue weighted by Crippen LogP contribution is 2.29. The molecule has 1 aliphatic rings. The summed E-state index contributed by atoms with van der Waals surface area (Å²) < 4.78 is 10.7. The lowest BCUT2D eigenvalue weighted by atomic mass is 10.0. The summed E-state index contributed by atoms with van der Waals surface area (Å²) in [4.78, 5) is 8.54. The fourth-order valence-corrected chi connectivity index (χ4v) is 4.15. The Morgan fingerprint density at radius 2 is 1.88 bits per heavy atom. The molecule has 2 aromatic carbocycles. The first-order valence-electron chi connectivity index (χ1n) is 8.58. The topological polar surface area (TPSA) is 34.6 Å². The van der Waals surface area contributed by atoms with E-state index in [0.717, 1.165) is 43.6 Å². The van der Waals surface area contributed by atoms with E-state index in [1.165, 1.54) is 26.9 Å². The van der Waals surface area contributed by atoms with Gasteiger partial charge >= 0.3 is 0 Å². The second-order valence-electron chi connectivity index (χ2n) is 6.32. The van der Waals surface area contributed by atoms with Crippen LogP contribution in [0, 0.1) is 6.92 Å². The quantitative estimate of drug-likeness (QED) is 0.708. The van der Waals surface area contributed by atoms with Crippen molar-refractivity contribution >= 4 is 27.2 Å². The van der Waals surface area contributed by atoms with Crippen LogP contribution in [0.15, 0.2) is 36.4 Å². The molecular weight excluding hydrogens is 332 g/mol. The number of anilines is 1. The van der Waals surface area contributed by atoms with E-state index < -0.39 is 0 Å². The fraction of sp³-hybridized carbons (Fsp3) is 0.350. The number of aromatic nitrogens is 1. The van der Waals surface area contributed by atoms with Crippen molar-refractivity contribution in [1.82, 2.24) is 4.98 Å². The molecule has 0 atom stereocenters. The van der Waals surface area contributed by atoms with Gasteiger partial charge in [0.25, 0.3) is 0 Å². The summed E-state index contributed by atoms with van der Waals surface area (Å²) in [5.41, 5.74) is 2.47. The Balaban J connectivity index is 1.57. The molecule has 130 valence electrons. The number of ether oxygens (including phenoxy) is 2. The van der Waals surface area contributed by atoms with Crippen LogP contribution in [0.25, 0.3) is 10.8 Å². The third-order valence-corrected chi connectivity index (χ3v) is 5.72. The van der Waals surface area contributed by atoms with Gasteiger partial charge in [0, 0.05) is 24.4 Å². The van der Waals surface area contributed by atoms with Crippen molar-refractivity contribution < 1.29 is 9.47 Å². The Labute approximate surface area is 152 Å². The number of methoxy groups -OCH3 is 1. The van der Waals surface area contributed by atoms with Gasteiger partial charge in [0.2, 0.25) is 0 Å². The predicted molar refractivity (Wildman–Crippen MR) is 103 cm³/mol. The molecule has 1 aromatic heterocycles. The van der Waals surface area contributed by atoms with Crippen molar-refractivity contribution in [3.63, 3.8) is 0 Å². The van der Waals surface area contributed by atoms with Gasteiger partial charge in [0.15, 0.2) is 5.13 Å². The average Bonchev–Trinajstić information content (AvgIpc) is 3.02. The standard InChI is InChI=1S/C20H22N2O2S/c1-14-19(21-20(25-14)22-7-9-24-10-8-22)12-15-3-4-17-13-18(23-2)6-5-16(17)11-15/h3-6,11,13H,7-10,12H2,1-2H3. The summed E-state index contributed by atoms with van der Waals surface area (Å²) in [6.45, 7) is 5.63. The second-order valence-corrected chi connectivity index (χ2v) is 7.50. The normalized spacial score (nSPS) is 14.9. The largest absolute Gasteiger partial charge is 0.497 e. The third-order valence-electron chi connectivity index (χ3n) is 4.65. The van der Waals surface area contributed by atoms with Crippen molar-refractivity contribution in [1.29, 1.82) is 0 Å². The SMILES string of the molecule is COc1ccc2cc(Cc3nc(N4CCOCC4)sc3C)ccc2c1. The van der Waals surface area contributed by atoms with E-state index in [-0.39, 0.29) is 0 Å². The molecule has 3 aromatic rings. The molecule has 2 heterocycles. The van der Waals surface area contributed by atoms with Crippen molar-refractivity contribution in [2.45, 2.75) is 13.3 Å². The lowest BCUT2D eigenvalue weighted by Crippen LogP contribution is -2.36. The van der Waals surface area contributed by atoms with Gasteiger partial charge in [-0.15, -0.1) is 11.3 Å². The van der Waals surface area contributed by atoms with Gasteiger partial charge in [-0.2, -0.15) is 0 Å². The molecule has 0 aliphatic carbocycles. The van der Waals surface area contributed by atoms with E-state index in [9.17, 15) is 0 Å². The van der Waals surface area contributed by atoms with E-state index in [1.807, 2.05) is 6.07 Å². The first kappa shape index (κ1) is 16.4. The highest BCUT2D eigenvalue weighted by atomic mass is 32.1. The molecule has 4 nitrogen and oxygen atoms in total. The molecular formula is C20H22N2O2S. The minimum absolute atomic E-state index is 0.794. The Hall–Kier alpha value is -2.11. The van der Waals surface area contributed by atoms with Gasteiger partial charge in [0.1, 0.15) is 5.75 Å². The van der Waals surface area contributed by atoms with E-state index in [4.69, 9.17) is 14.5 Å². The molecule has 4 rings (SSSR count). The van der Waals surface area contributed by atoms with Crippen molar-refractivity contribution in [2.24, 2.45) is 0 Å². The number of fused-ring (bicyclic) bond motifs is 1. The maximum atomic E-state index is 5.44. The van der Waals surface area contributed by atoms with E-state index in [1.54, 1.807) is 18.4 Å². The summed E-state index contributed by atoms with van der Waals surface area (Å²) in [6.07, 6.45) is 0.870. The zero-order valence-electron chi connectivity index (χ0n) is 14.6. The molecule has 0 saturated carbocycles. The molecule has 0 bridgehead atoms. The molecule has 0 amide bonds. The first-order chi connectivity index (χ1) is 12.2. The van der Waals surface area contributed by atoms with Crippen molar-refractivity contribution in [3.05, 3.63) is 52.5 Å². The molecule has 0 radical (unpaired) electrons. The van der Waals surface area contributed by atoms with Crippen LogP contribution in [-0.2, 0) is 11.2 Å². The summed E-state index contributed by atoms with van der Waals surface area (Å²) >= 11 is 1.79. The third kappa shape index (κ3) is 3.48. The van der Waals surface area contributed by atoms with Gasteiger partial charge in [-0.3, -0.25) is 0 Å². The van der Waals surface area contributed by atoms with Crippen LogP contribution in [-0.4, -0.2) is 38.4 Å². The highest BCUT2D eigenvalue weighted by molar-refractivity contribution is 7.15. The number of morpholine rings is 1. The Bertz CT molecular complexity index is 885. The Kier molecular flexibility index (Phi) is 4.59. The maximum Gasteiger partial charge on any atom is 0.185 e. The minimum Gasteiger partial charge on any atom is -0.497 e. The van der Waals surface area contributed by atoms with Gasteiger partial charge in [-0.25, -0.2) is 4.98 Å². The van der Waals surface area contributed by atoms with Crippen LogP contribution >= 0.6 is 11.3 Å². The summed E-state index contributed by atoms with van der Waals surface area (Å²) in [6, 6.07) is 12.8. The molecule has 25 heavy (non-hydrogen) atoms. The van der Waals surface area contributed by atoms with Gasteiger partial charge in [-0.1, -0.05) is 24.3 Å². The summed E-state index contributed by atoms with van der Waals surface area (Å²) in [5, 5.41) is 3.56. The zero-order chi connectivity index (χ0) is 17.2. The predicted octanol–water partition coefficient (Wildman–Crippen LogP) is 4.04. The molecule has 0 unspecified atom stereocenters. The smallest absolute Gasteiger partial charge is 0.185 e. The van der Waals surface area contributed by atoms with Crippen LogP contribution in [0.1, 0.15) is 16.1 Å². The number of rotatable bonds is 4. The van der Waals surface area contributed by atoms with Gasteiger partial charge in [-0.05, 0) is 35.4 Å². The lowest BCUT2D eigenvalue weighted by molar-refractivity contribution is 0.122. The number of hydrogen-bond acceptors (Lipinski definition) is 5. The number of hydrogen-bond donors (Lipinski definition) is 0. The summed E-state index contributed by atoms with van der Waals surface area (Å²) in [7, 11) is 1.70. The molecule has 0 N–H and O–H groups in total. The van der Waals surface area contributed by atoms with Crippen LogP contribution in [0.4, 0.5) is 5.13 Å².